The van der Waals surface area contributed by atoms with E-state index >= 15 is 0 Å². The summed E-state index contributed by atoms with van der Waals surface area (Å²) in [5, 5.41) is 0. The summed E-state index contributed by atoms with van der Waals surface area (Å²) in [7, 11) is 1.50. The molecular weight excluding hydrogens is 366 g/mol. The molecule has 0 spiro atoms. The zero-order chi connectivity index (χ0) is 20.7. The van der Waals surface area contributed by atoms with Crippen LogP contribution in [0.25, 0.3) is 11.1 Å². The maximum Gasteiger partial charge on any atom is 0.403 e. The highest BCUT2D eigenvalue weighted by Gasteiger charge is 2.28. The first-order valence-corrected chi connectivity index (χ1v) is 9.06. The molecule has 0 bridgehead atoms. The van der Waals surface area contributed by atoms with E-state index in [1.165, 1.54) is 29.3 Å². The predicted molar refractivity (Wildman–Crippen MR) is 112 cm³/mol. The van der Waals surface area contributed by atoms with Crippen molar-refractivity contribution < 1.29 is 14.3 Å². The van der Waals surface area contributed by atoms with Crippen molar-refractivity contribution in [2.75, 3.05) is 26.9 Å². The number of ether oxygens (including phenoxy) is 2. The van der Waals surface area contributed by atoms with Gasteiger partial charge < -0.3 is 15.2 Å². The van der Waals surface area contributed by atoms with Gasteiger partial charge in [0.25, 0.3) is 0 Å². The number of hydrazine groups is 1. The standard InChI is InChI=1S/C15H11ClO2.C4H10O.CH5N.H4N2/c16-15(17)18-9-14-12-7-3-1-5-10(12)11-6-2-4-8-13(11)14;1-3-5-4-2;2*1-2/h1-8,14H,9H2;3-4H2,1-2H3;2H2,1H3;1-2H2. The smallest absolute Gasteiger partial charge is 0.403 e. The summed E-state index contributed by atoms with van der Waals surface area (Å²) in [6.07, 6.45) is 0. The van der Waals surface area contributed by atoms with Crippen LogP contribution < -0.4 is 17.4 Å². The fourth-order valence-electron chi connectivity index (χ4n) is 2.79. The van der Waals surface area contributed by atoms with E-state index < -0.39 is 5.43 Å². The molecule has 150 valence electrons. The normalized spacial score (nSPS) is 10.6. The third-order valence-electron chi connectivity index (χ3n) is 3.73. The largest absolute Gasteiger partial charge is 0.453 e. The Labute approximate surface area is 166 Å². The molecule has 6 N–H and O–H groups in total. The molecule has 0 fully saturated rings. The second-order valence-corrected chi connectivity index (χ2v) is 5.37. The SMILES string of the molecule is CCOCC.CN.NN.O=C(Cl)OCC1c2ccccc2-c2ccccc21. The van der Waals surface area contributed by atoms with Crippen LogP contribution in [0.5, 0.6) is 0 Å². The van der Waals surface area contributed by atoms with Gasteiger partial charge >= 0.3 is 5.43 Å². The summed E-state index contributed by atoms with van der Waals surface area (Å²) in [5.74, 6) is 8.08. The van der Waals surface area contributed by atoms with E-state index in [1.807, 2.05) is 38.1 Å². The number of benzene rings is 2. The lowest BCUT2D eigenvalue weighted by atomic mass is 9.98. The van der Waals surface area contributed by atoms with E-state index in [0.29, 0.717) is 0 Å². The second kappa shape index (κ2) is 15.1. The number of rotatable bonds is 4. The molecule has 1 aliphatic rings. The van der Waals surface area contributed by atoms with Crippen LogP contribution in [-0.4, -0.2) is 32.3 Å². The molecule has 0 radical (unpaired) electrons. The Morgan fingerprint density at radius 2 is 1.33 bits per heavy atom. The van der Waals surface area contributed by atoms with Crippen molar-refractivity contribution in [1.82, 2.24) is 0 Å². The number of nitrogens with two attached hydrogens (primary N) is 3. The van der Waals surface area contributed by atoms with E-state index in [1.54, 1.807) is 0 Å². The van der Waals surface area contributed by atoms with Gasteiger partial charge in [-0.1, -0.05) is 48.5 Å². The number of hydrogen-bond acceptors (Lipinski definition) is 6. The third-order valence-corrected chi connectivity index (χ3v) is 3.84. The Bertz CT molecular complexity index is 621. The van der Waals surface area contributed by atoms with Gasteiger partial charge in [-0.25, -0.2) is 4.79 Å². The molecule has 27 heavy (non-hydrogen) atoms. The Morgan fingerprint density at radius 1 is 0.926 bits per heavy atom. The summed E-state index contributed by atoms with van der Waals surface area (Å²) in [6.45, 7) is 5.95. The number of carbonyl (C=O) groups excluding carboxylic acids is 1. The fourth-order valence-corrected chi connectivity index (χ4v) is 2.86. The number of fused-ring (bicyclic) bond motifs is 3. The van der Waals surface area contributed by atoms with Crippen LogP contribution >= 0.6 is 11.6 Å². The molecule has 2 aromatic rings. The van der Waals surface area contributed by atoms with Crippen LogP contribution in [0.3, 0.4) is 0 Å². The highest BCUT2D eigenvalue weighted by Crippen LogP contribution is 2.44. The minimum Gasteiger partial charge on any atom is -0.453 e. The van der Waals surface area contributed by atoms with E-state index in [4.69, 9.17) is 21.1 Å². The first kappa shape index (κ1) is 25.0. The molecule has 0 saturated heterocycles. The molecule has 0 saturated carbocycles. The maximum atomic E-state index is 10.8. The Hall–Kier alpha value is -1.96. The van der Waals surface area contributed by atoms with Gasteiger partial charge in [-0.15, -0.1) is 0 Å². The number of carbonyl (C=O) groups is 1. The fraction of sp³-hybridized carbons (Fsp3) is 0.350. The molecule has 2 aromatic carbocycles. The predicted octanol–water partition coefficient (Wildman–Crippen LogP) is 3.61. The molecular formula is C20H30ClN3O3. The third kappa shape index (κ3) is 7.66. The van der Waals surface area contributed by atoms with Crippen molar-refractivity contribution in [3.8, 4) is 11.1 Å². The maximum absolute atomic E-state index is 10.8. The molecule has 0 aliphatic heterocycles. The Morgan fingerprint density at radius 3 is 1.67 bits per heavy atom. The van der Waals surface area contributed by atoms with E-state index in [9.17, 15) is 4.79 Å². The van der Waals surface area contributed by atoms with Crippen molar-refractivity contribution in [2.24, 2.45) is 17.4 Å². The second-order valence-electron chi connectivity index (χ2n) is 5.06. The van der Waals surface area contributed by atoms with E-state index in [0.717, 1.165) is 13.2 Å². The molecule has 3 rings (SSSR count). The first-order valence-electron chi connectivity index (χ1n) is 8.68. The van der Waals surface area contributed by atoms with Gasteiger partial charge in [0, 0.05) is 30.7 Å². The lowest BCUT2D eigenvalue weighted by molar-refractivity contribution is 0.162. The molecule has 0 unspecified atom stereocenters. The molecule has 0 amide bonds. The lowest BCUT2D eigenvalue weighted by Crippen LogP contribution is -2.07. The molecule has 0 heterocycles. The average Bonchev–Trinajstić information content (AvgIpc) is 3.04. The van der Waals surface area contributed by atoms with Gasteiger partial charge in [0.1, 0.15) is 6.61 Å². The van der Waals surface area contributed by atoms with Gasteiger partial charge in [-0.05, 0) is 43.1 Å². The van der Waals surface area contributed by atoms with Crippen molar-refractivity contribution in [2.45, 2.75) is 19.8 Å². The molecule has 1 aliphatic carbocycles. The number of halogens is 1. The molecule has 6 nitrogen and oxygen atoms in total. The topological polar surface area (TPSA) is 114 Å². The monoisotopic (exact) mass is 395 g/mol. The minimum absolute atomic E-state index is 0.0834. The van der Waals surface area contributed by atoms with Gasteiger partial charge in [0.2, 0.25) is 0 Å². The average molecular weight is 396 g/mol. The van der Waals surface area contributed by atoms with Crippen molar-refractivity contribution >= 4 is 17.0 Å². The van der Waals surface area contributed by atoms with Crippen molar-refractivity contribution in [1.29, 1.82) is 0 Å². The summed E-state index contributed by atoms with van der Waals surface area (Å²) >= 11 is 5.25. The zero-order valence-corrected chi connectivity index (χ0v) is 16.9. The molecule has 0 aromatic heterocycles. The van der Waals surface area contributed by atoms with Crippen LogP contribution in [0, 0.1) is 0 Å². The highest BCUT2D eigenvalue weighted by molar-refractivity contribution is 6.61. The van der Waals surface area contributed by atoms with Crippen molar-refractivity contribution in [3.05, 3.63) is 59.7 Å². The van der Waals surface area contributed by atoms with E-state index in [2.05, 4.69) is 41.7 Å². The first-order chi connectivity index (χ1) is 13.2. The van der Waals surface area contributed by atoms with E-state index in [-0.39, 0.29) is 12.5 Å². The summed E-state index contributed by atoms with van der Waals surface area (Å²) in [4.78, 5) is 10.8. The quantitative estimate of drug-likeness (QED) is 0.414. The van der Waals surface area contributed by atoms with Crippen LogP contribution in [0.4, 0.5) is 4.79 Å². The lowest BCUT2D eigenvalue weighted by Gasteiger charge is -2.12. The Kier molecular flexibility index (Phi) is 14.0. The molecule has 7 heteroatoms. The van der Waals surface area contributed by atoms with Crippen LogP contribution in [0.1, 0.15) is 30.9 Å². The minimum atomic E-state index is -0.753. The zero-order valence-electron chi connectivity index (χ0n) is 16.2. The summed E-state index contributed by atoms with van der Waals surface area (Å²) < 4.78 is 9.80. The van der Waals surface area contributed by atoms with Crippen LogP contribution in [0.2, 0.25) is 0 Å². The summed E-state index contributed by atoms with van der Waals surface area (Å²) in [5.41, 5.74) is 8.55. The number of hydrogen-bond donors (Lipinski definition) is 3. The van der Waals surface area contributed by atoms with Crippen molar-refractivity contribution in [3.63, 3.8) is 0 Å². The van der Waals surface area contributed by atoms with Gasteiger partial charge in [0.05, 0.1) is 0 Å². The van der Waals surface area contributed by atoms with Gasteiger partial charge in [-0.2, -0.15) is 0 Å². The summed E-state index contributed by atoms with van der Waals surface area (Å²) in [6, 6.07) is 16.4. The van der Waals surface area contributed by atoms with Gasteiger partial charge in [-0.3, -0.25) is 11.7 Å². The highest BCUT2D eigenvalue weighted by atomic mass is 35.5. The van der Waals surface area contributed by atoms with Crippen LogP contribution in [0.15, 0.2) is 48.5 Å². The van der Waals surface area contributed by atoms with Gasteiger partial charge in [0.15, 0.2) is 0 Å². The van der Waals surface area contributed by atoms with Crippen LogP contribution in [-0.2, 0) is 9.47 Å². The molecule has 0 atom stereocenters. The Balaban J connectivity index is 0.000000646.